The van der Waals surface area contributed by atoms with Gasteiger partial charge in [0.25, 0.3) is 5.91 Å². The third-order valence-corrected chi connectivity index (χ3v) is 4.29. The predicted molar refractivity (Wildman–Crippen MR) is 112 cm³/mol. The van der Waals surface area contributed by atoms with E-state index in [0.29, 0.717) is 34.5 Å². The number of nitrogens with zero attached hydrogens (tertiary/aromatic N) is 2. The number of nitrogens with one attached hydrogen (secondary N) is 1. The first kappa shape index (κ1) is 21.0. The van der Waals surface area contributed by atoms with Gasteiger partial charge in [-0.05, 0) is 48.4 Å². The molecule has 8 heteroatoms. The topological polar surface area (TPSA) is 97.4 Å². The minimum atomic E-state index is -0.590. The number of hydrogen-bond acceptors (Lipinski definition) is 6. The Bertz CT molecular complexity index is 1110. The van der Waals surface area contributed by atoms with Crippen molar-refractivity contribution in [2.45, 2.75) is 13.5 Å². The van der Waals surface area contributed by atoms with Crippen LogP contribution >= 0.6 is 11.6 Å². The van der Waals surface area contributed by atoms with Gasteiger partial charge in [0, 0.05) is 11.1 Å². The number of carbonyl (C=O) groups excluding carboxylic acids is 1. The van der Waals surface area contributed by atoms with Crippen LogP contribution in [0.2, 0.25) is 5.02 Å². The molecule has 30 heavy (non-hydrogen) atoms. The molecule has 1 N–H and O–H groups in total. The highest BCUT2D eigenvalue weighted by Crippen LogP contribution is 2.30. The van der Waals surface area contributed by atoms with Crippen LogP contribution in [-0.2, 0) is 11.4 Å². The van der Waals surface area contributed by atoms with Gasteiger partial charge >= 0.3 is 0 Å². The van der Waals surface area contributed by atoms with Gasteiger partial charge in [-0.15, -0.1) is 0 Å². The van der Waals surface area contributed by atoms with E-state index in [1.165, 1.54) is 13.2 Å². The van der Waals surface area contributed by atoms with Crippen molar-refractivity contribution in [1.29, 1.82) is 5.26 Å². The fraction of sp³-hybridized carbons (Fsp3) is 0.136. The largest absolute Gasteiger partial charge is 0.493 e. The van der Waals surface area contributed by atoms with E-state index in [2.05, 4.69) is 10.5 Å². The van der Waals surface area contributed by atoms with E-state index in [4.69, 9.17) is 25.6 Å². The number of amides is 1. The van der Waals surface area contributed by atoms with Gasteiger partial charge in [-0.1, -0.05) is 35.0 Å². The molecule has 0 spiro atoms. The van der Waals surface area contributed by atoms with Crippen LogP contribution in [0.5, 0.6) is 11.5 Å². The van der Waals surface area contributed by atoms with Crippen molar-refractivity contribution in [2.24, 2.45) is 0 Å². The molecule has 0 fully saturated rings. The van der Waals surface area contributed by atoms with Gasteiger partial charge in [0.2, 0.25) is 0 Å². The molecule has 2 aromatic carbocycles. The van der Waals surface area contributed by atoms with E-state index >= 15 is 0 Å². The fourth-order valence-corrected chi connectivity index (χ4v) is 2.69. The molecule has 0 saturated heterocycles. The number of rotatable bonds is 7. The number of carbonyl (C=O) groups is 1. The van der Waals surface area contributed by atoms with Gasteiger partial charge in [-0.3, -0.25) is 4.79 Å². The van der Waals surface area contributed by atoms with Crippen molar-refractivity contribution in [3.63, 3.8) is 0 Å². The Morgan fingerprint density at radius 3 is 2.63 bits per heavy atom. The maximum absolute atomic E-state index is 12.3. The minimum absolute atomic E-state index is 0.0902. The maximum Gasteiger partial charge on any atom is 0.267 e. The summed E-state index contributed by atoms with van der Waals surface area (Å²) in [5.74, 6) is 1.20. The van der Waals surface area contributed by atoms with Gasteiger partial charge < -0.3 is 19.3 Å². The Labute approximate surface area is 178 Å². The molecule has 0 radical (unpaired) electrons. The van der Waals surface area contributed by atoms with E-state index in [9.17, 15) is 10.1 Å². The van der Waals surface area contributed by atoms with Gasteiger partial charge in [-0.25, -0.2) is 0 Å². The summed E-state index contributed by atoms with van der Waals surface area (Å²) in [5, 5.41) is 16.2. The molecule has 3 rings (SSSR count). The lowest BCUT2D eigenvalue weighted by atomic mass is 10.1. The summed E-state index contributed by atoms with van der Waals surface area (Å²) in [6.07, 6.45) is 1.45. The summed E-state index contributed by atoms with van der Waals surface area (Å²) in [5.41, 5.74) is 1.47. The Balaban J connectivity index is 1.74. The minimum Gasteiger partial charge on any atom is -0.493 e. The smallest absolute Gasteiger partial charge is 0.267 e. The number of aromatic nitrogens is 1. The molecule has 0 aliphatic heterocycles. The SMILES string of the molecule is COc1cc(C=C(C#N)C(=O)Nc2cc(C)on2)ccc1OCc1ccc(Cl)cc1. The Hall–Kier alpha value is -3.76. The van der Waals surface area contributed by atoms with Crippen molar-refractivity contribution in [3.05, 3.63) is 76.0 Å². The van der Waals surface area contributed by atoms with Crippen LogP contribution in [0.3, 0.4) is 0 Å². The van der Waals surface area contributed by atoms with Crippen molar-refractivity contribution in [3.8, 4) is 17.6 Å². The first-order chi connectivity index (χ1) is 14.5. The van der Waals surface area contributed by atoms with E-state index in [1.807, 2.05) is 18.2 Å². The van der Waals surface area contributed by atoms with Crippen molar-refractivity contribution in [2.75, 3.05) is 12.4 Å². The third-order valence-electron chi connectivity index (χ3n) is 4.04. The van der Waals surface area contributed by atoms with E-state index in [1.54, 1.807) is 43.3 Å². The van der Waals surface area contributed by atoms with Crippen LogP contribution in [0.25, 0.3) is 6.08 Å². The molecular formula is C22H18ClN3O4. The number of anilines is 1. The number of ether oxygens (including phenoxy) is 2. The molecule has 1 heterocycles. The van der Waals surface area contributed by atoms with Gasteiger partial charge in [0.15, 0.2) is 17.3 Å². The summed E-state index contributed by atoms with van der Waals surface area (Å²) in [7, 11) is 1.52. The normalized spacial score (nSPS) is 10.9. The molecule has 0 aliphatic carbocycles. The number of methoxy groups -OCH3 is 1. The van der Waals surface area contributed by atoms with Gasteiger partial charge in [-0.2, -0.15) is 5.26 Å². The highest BCUT2D eigenvalue weighted by Gasteiger charge is 2.13. The number of nitriles is 1. The van der Waals surface area contributed by atoms with Crippen LogP contribution in [0.15, 0.2) is 58.6 Å². The lowest BCUT2D eigenvalue weighted by Gasteiger charge is -2.11. The zero-order valence-corrected chi connectivity index (χ0v) is 17.1. The summed E-state index contributed by atoms with van der Waals surface area (Å²) in [4.78, 5) is 12.3. The van der Waals surface area contributed by atoms with Gasteiger partial charge in [0.1, 0.15) is 24.0 Å². The molecule has 0 aliphatic rings. The Morgan fingerprint density at radius 1 is 1.23 bits per heavy atom. The lowest BCUT2D eigenvalue weighted by Crippen LogP contribution is -2.13. The van der Waals surface area contributed by atoms with E-state index in [0.717, 1.165) is 5.56 Å². The second-order valence-electron chi connectivity index (χ2n) is 6.27. The zero-order valence-electron chi connectivity index (χ0n) is 16.3. The molecule has 152 valence electrons. The van der Waals surface area contributed by atoms with Crippen LogP contribution in [0.4, 0.5) is 5.82 Å². The average molecular weight is 424 g/mol. The summed E-state index contributed by atoms with van der Waals surface area (Å²) < 4.78 is 16.1. The third kappa shape index (κ3) is 5.40. The maximum atomic E-state index is 12.3. The van der Waals surface area contributed by atoms with Gasteiger partial charge in [0.05, 0.1) is 7.11 Å². The second-order valence-corrected chi connectivity index (χ2v) is 6.71. The number of benzene rings is 2. The van der Waals surface area contributed by atoms with E-state index in [-0.39, 0.29) is 11.4 Å². The van der Waals surface area contributed by atoms with Crippen LogP contribution in [0.1, 0.15) is 16.9 Å². The average Bonchev–Trinajstić information content (AvgIpc) is 3.16. The monoisotopic (exact) mass is 423 g/mol. The van der Waals surface area contributed by atoms with Crippen LogP contribution < -0.4 is 14.8 Å². The number of hydrogen-bond donors (Lipinski definition) is 1. The summed E-state index contributed by atoms with van der Waals surface area (Å²) in [6, 6.07) is 15.9. The zero-order chi connectivity index (χ0) is 21.5. The van der Waals surface area contributed by atoms with Crippen LogP contribution in [0, 0.1) is 18.3 Å². The predicted octanol–water partition coefficient (Wildman–Crippen LogP) is 4.77. The molecule has 0 unspecified atom stereocenters. The Morgan fingerprint density at radius 2 is 2.00 bits per heavy atom. The summed E-state index contributed by atoms with van der Waals surface area (Å²) in [6.45, 7) is 2.04. The lowest BCUT2D eigenvalue weighted by molar-refractivity contribution is -0.112. The van der Waals surface area contributed by atoms with Crippen molar-refractivity contribution >= 4 is 29.4 Å². The van der Waals surface area contributed by atoms with Crippen molar-refractivity contribution < 1.29 is 18.8 Å². The Kier molecular flexibility index (Phi) is 6.73. The first-order valence-electron chi connectivity index (χ1n) is 8.90. The quantitative estimate of drug-likeness (QED) is 0.434. The van der Waals surface area contributed by atoms with E-state index < -0.39 is 5.91 Å². The fourth-order valence-electron chi connectivity index (χ4n) is 2.56. The highest BCUT2D eigenvalue weighted by molar-refractivity contribution is 6.30. The number of aryl methyl sites for hydroxylation is 1. The first-order valence-corrected chi connectivity index (χ1v) is 9.28. The number of halogens is 1. The molecule has 1 amide bonds. The molecule has 0 bridgehead atoms. The molecular weight excluding hydrogens is 406 g/mol. The summed E-state index contributed by atoms with van der Waals surface area (Å²) >= 11 is 5.89. The molecule has 0 saturated carbocycles. The standard InChI is InChI=1S/C22H18ClN3O4/c1-14-9-21(26-30-14)25-22(27)17(12-24)10-16-5-8-19(20(11-16)28-2)29-13-15-3-6-18(23)7-4-15/h3-11H,13H2,1-2H3,(H,25,26,27). The van der Waals surface area contributed by atoms with Crippen LogP contribution in [-0.4, -0.2) is 18.2 Å². The molecule has 3 aromatic rings. The molecule has 7 nitrogen and oxygen atoms in total. The highest BCUT2D eigenvalue weighted by atomic mass is 35.5. The second kappa shape index (κ2) is 9.63. The molecule has 0 atom stereocenters. The van der Waals surface area contributed by atoms with Crippen molar-refractivity contribution in [1.82, 2.24) is 5.16 Å². The molecule has 1 aromatic heterocycles.